The first-order valence-electron chi connectivity index (χ1n) is 7.34. The van der Waals surface area contributed by atoms with Crippen LogP contribution in [0, 0.1) is 18.6 Å². The molecule has 1 heterocycles. The molecule has 0 radical (unpaired) electrons. The van der Waals surface area contributed by atoms with Crippen LogP contribution in [0.3, 0.4) is 0 Å². The van der Waals surface area contributed by atoms with E-state index >= 15 is 0 Å². The first-order chi connectivity index (χ1) is 11.6. The minimum absolute atomic E-state index is 0.274. The van der Waals surface area contributed by atoms with Crippen LogP contribution in [-0.4, -0.2) is 15.6 Å². The first kappa shape index (κ1) is 15.8. The van der Waals surface area contributed by atoms with E-state index in [-0.39, 0.29) is 17.4 Å². The third-order valence-corrected chi connectivity index (χ3v) is 3.67. The van der Waals surface area contributed by atoms with E-state index in [1.54, 1.807) is 41.9 Å². The molecule has 3 rings (SSSR count). The van der Waals surface area contributed by atoms with Gasteiger partial charge in [-0.05, 0) is 49.4 Å². The fourth-order valence-corrected chi connectivity index (χ4v) is 2.36. The zero-order valence-electron chi connectivity index (χ0n) is 12.9. The fourth-order valence-electron chi connectivity index (χ4n) is 2.36. The van der Waals surface area contributed by atoms with Gasteiger partial charge in [0, 0.05) is 5.56 Å². The summed E-state index contributed by atoms with van der Waals surface area (Å²) in [5.74, 6) is -1.00. The van der Waals surface area contributed by atoms with Gasteiger partial charge in [0.15, 0.2) is 5.78 Å². The molecule has 0 aliphatic rings. The van der Waals surface area contributed by atoms with Crippen molar-refractivity contribution in [1.82, 2.24) is 9.78 Å². The molecule has 3 aromatic rings. The second-order valence-electron chi connectivity index (χ2n) is 5.25. The van der Waals surface area contributed by atoms with Crippen LogP contribution in [0.25, 0.3) is 11.8 Å². The molecule has 24 heavy (non-hydrogen) atoms. The minimum atomic E-state index is -0.389. The standard InChI is InChI=1S/C19H14F2N2O/c1-13-17(12-22-23(13)16-9-7-15(20)8-10-16)19(24)11-6-14-4-2-3-5-18(14)21/h2-12H,1H3. The molecule has 5 heteroatoms. The average molecular weight is 324 g/mol. The average Bonchev–Trinajstić information content (AvgIpc) is 2.96. The highest BCUT2D eigenvalue weighted by atomic mass is 19.1. The van der Waals surface area contributed by atoms with E-state index < -0.39 is 0 Å². The summed E-state index contributed by atoms with van der Waals surface area (Å²) in [6.45, 7) is 1.75. The fraction of sp³-hybridized carbons (Fsp3) is 0.0526. The SMILES string of the molecule is Cc1c(C(=O)C=Cc2ccccc2F)cnn1-c1ccc(F)cc1. The van der Waals surface area contributed by atoms with Crippen LogP contribution in [0.2, 0.25) is 0 Å². The Balaban J connectivity index is 1.86. The Morgan fingerprint density at radius 3 is 2.50 bits per heavy atom. The van der Waals surface area contributed by atoms with Crippen LogP contribution in [-0.2, 0) is 0 Å². The maximum absolute atomic E-state index is 13.6. The predicted octanol–water partition coefficient (Wildman–Crippen LogP) is 4.36. The molecule has 0 aliphatic carbocycles. The lowest BCUT2D eigenvalue weighted by Gasteiger charge is -2.04. The Bertz CT molecular complexity index is 911. The number of allylic oxidation sites excluding steroid dienone is 1. The molecule has 0 fully saturated rings. The van der Waals surface area contributed by atoms with Gasteiger partial charge < -0.3 is 0 Å². The molecular formula is C19H14F2N2O. The van der Waals surface area contributed by atoms with Crippen LogP contribution in [0.15, 0.2) is 60.8 Å². The van der Waals surface area contributed by atoms with E-state index in [0.717, 1.165) is 0 Å². The van der Waals surface area contributed by atoms with Gasteiger partial charge >= 0.3 is 0 Å². The molecule has 0 saturated heterocycles. The van der Waals surface area contributed by atoms with Crippen molar-refractivity contribution < 1.29 is 13.6 Å². The zero-order chi connectivity index (χ0) is 17.1. The maximum atomic E-state index is 13.6. The van der Waals surface area contributed by atoms with Crippen LogP contribution < -0.4 is 0 Å². The summed E-state index contributed by atoms with van der Waals surface area (Å²) in [6, 6.07) is 12.0. The molecule has 0 aliphatic heterocycles. The number of aromatic nitrogens is 2. The van der Waals surface area contributed by atoms with Gasteiger partial charge in [0.25, 0.3) is 0 Å². The van der Waals surface area contributed by atoms with Gasteiger partial charge in [0.1, 0.15) is 11.6 Å². The summed E-state index contributed by atoms with van der Waals surface area (Å²) >= 11 is 0. The number of hydrogen-bond donors (Lipinski definition) is 0. The molecule has 0 atom stereocenters. The third kappa shape index (κ3) is 3.15. The van der Waals surface area contributed by atoms with Gasteiger partial charge in [-0.3, -0.25) is 4.79 Å². The lowest BCUT2D eigenvalue weighted by molar-refractivity contribution is 0.104. The highest BCUT2D eigenvalue weighted by Crippen LogP contribution is 2.16. The number of benzene rings is 2. The van der Waals surface area contributed by atoms with Gasteiger partial charge in [-0.25, -0.2) is 13.5 Å². The number of hydrogen-bond acceptors (Lipinski definition) is 2. The van der Waals surface area contributed by atoms with E-state index in [2.05, 4.69) is 5.10 Å². The third-order valence-electron chi connectivity index (χ3n) is 3.67. The largest absolute Gasteiger partial charge is 0.289 e. The second kappa shape index (κ2) is 6.58. The monoisotopic (exact) mass is 324 g/mol. The van der Waals surface area contributed by atoms with E-state index in [1.807, 2.05) is 0 Å². The molecule has 0 bridgehead atoms. The number of ketones is 1. The van der Waals surface area contributed by atoms with Crippen LogP contribution in [0.1, 0.15) is 21.6 Å². The lowest BCUT2D eigenvalue weighted by atomic mass is 10.1. The molecule has 0 unspecified atom stereocenters. The van der Waals surface area contributed by atoms with Gasteiger partial charge in [0.2, 0.25) is 0 Å². The van der Waals surface area contributed by atoms with E-state index in [9.17, 15) is 13.6 Å². The quantitative estimate of drug-likeness (QED) is 0.528. The smallest absolute Gasteiger partial charge is 0.189 e. The summed E-state index contributed by atoms with van der Waals surface area (Å²) in [6.07, 6.45) is 4.20. The zero-order valence-corrected chi connectivity index (χ0v) is 12.9. The highest BCUT2D eigenvalue weighted by Gasteiger charge is 2.13. The Labute approximate surface area is 137 Å². The second-order valence-corrected chi connectivity index (χ2v) is 5.25. The topological polar surface area (TPSA) is 34.9 Å². The first-order valence-corrected chi connectivity index (χ1v) is 7.34. The Morgan fingerprint density at radius 2 is 1.79 bits per heavy atom. The van der Waals surface area contributed by atoms with E-state index in [1.165, 1.54) is 36.5 Å². The predicted molar refractivity (Wildman–Crippen MR) is 88.0 cm³/mol. The number of rotatable bonds is 4. The summed E-state index contributed by atoms with van der Waals surface area (Å²) in [4.78, 5) is 12.3. The van der Waals surface area contributed by atoms with Crippen molar-refractivity contribution in [1.29, 1.82) is 0 Å². The van der Waals surface area contributed by atoms with Crippen molar-refractivity contribution in [3.63, 3.8) is 0 Å². The van der Waals surface area contributed by atoms with Gasteiger partial charge in [0.05, 0.1) is 23.1 Å². The van der Waals surface area contributed by atoms with Crippen molar-refractivity contribution in [3.05, 3.63) is 89.3 Å². The summed E-state index contributed by atoms with van der Waals surface area (Å²) in [5, 5.41) is 4.17. The Morgan fingerprint density at radius 1 is 1.08 bits per heavy atom. The van der Waals surface area contributed by atoms with Crippen LogP contribution >= 0.6 is 0 Å². The van der Waals surface area contributed by atoms with Crippen LogP contribution in [0.4, 0.5) is 8.78 Å². The maximum Gasteiger partial charge on any atom is 0.189 e. The Hall–Kier alpha value is -3.08. The van der Waals surface area contributed by atoms with Crippen molar-refractivity contribution in [3.8, 4) is 5.69 Å². The van der Waals surface area contributed by atoms with Crippen molar-refractivity contribution >= 4 is 11.9 Å². The molecule has 0 spiro atoms. The van der Waals surface area contributed by atoms with Crippen molar-refractivity contribution in [2.75, 3.05) is 0 Å². The molecule has 3 nitrogen and oxygen atoms in total. The minimum Gasteiger partial charge on any atom is -0.289 e. The van der Waals surface area contributed by atoms with Gasteiger partial charge in [-0.15, -0.1) is 0 Å². The molecule has 0 amide bonds. The molecule has 2 aromatic carbocycles. The molecule has 0 N–H and O–H groups in total. The number of halogens is 2. The number of carbonyl (C=O) groups is 1. The normalized spacial score (nSPS) is 11.1. The van der Waals surface area contributed by atoms with E-state index in [4.69, 9.17) is 0 Å². The van der Waals surface area contributed by atoms with Crippen LogP contribution in [0.5, 0.6) is 0 Å². The van der Waals surface area contributed by atoms with Crippen molar-refractivity contribution in [2.24, 2.45) is 0 Å². The van der Waals surface area contributed by atoms with Gasteiger partial charge in [-0.1, -0.05) is 18.2 Å². The lowest BCUT2D eigenvalue weighted by Crippen LogP contribution is -2.01. The molecular weight excluding hydrogens is 310 g/mol. The van der Waals surface area contributed by atoms with Crippen molar-refractivity contribution in [2.45, 2.75) is 6.92 Å². The Kier molecular flexibility index (Phi) is 4.33. The number of nitrogens with zero attached hydrogens (tertiary/aromatic N) is 2. The summed E-state index contributed by atoms with van der Waals surface area (Å²) < 4.78 is 28.1. The van der Waals surface area contributed by atoms with E-state index in [0.29, 0.717) is 22.5 Å². The molecule has 1 aromatic heterocycles. The highest BCUT2D eigenvalue weighted by molar-refractivity contribution is 6.07. The number of carbonyl (C=O) groups excluding carboxylic acids is 1. The molecule has 0 saturated carbocycles. The van der Waals surface area contributed by atoms with Gasteiger partial charge in [-0.2, -0.15) is 5.10 Å². The molecule has 120 valence electrons. The summed E-state index contributed by atoms with van der Waals surface area (Å²) in [7, 11) is 0. The summed E-state index contributed by atoms with van der Waals surface area (Å²) in [5.41, 5.74) is 2.04.